The van der Waals surface area contributed by atoms with Crippen LogP contribution in [-0.4, -0.2) is 51.1 Å². The van der Waals surface area contributed by atoms with Crippen molar-refractivity contribution in [2.75, 3.05) is 25.0 Å². The van der Waals surface area contributed by atoms with E-state index < -0.39 is 10.0 Å². The Balaban J connectivity index is 1.88. The molecule has 1 saturated heterocycles. The SMILES string of the molecule is C[C@@H]1CN(CCC(=O)Nc2cccc(S(N)(=O)=O)c2)C[C@@H](C)O1. The average Bonchev–Trinajstić information content (AvgIpc) is 2.43. The van der Waals surface area contributed by atoms with Crippen molar-refractivity contribution < 1.29 is 17.9 Å². The highest BCUT2D eigenvalue weighted by Crippen LogP contribution is 2.15. The first-order chi connectivity index (χ1) is 10.7. The first-order valence-corrected chi connectivity index (χ1v) is 9.09. The number of rotatable bonds is 5. The minimum absolute atomic E-state index is 0.0221. The maximum absolute atomic E-state index is 12.0. The molecule has 0 bridgehead atoms. The molecule has 0 saturated carbocycles. The molecule has 1 aliphatic rings. The number of ether oxygens (including phenoxy) is 1. The minimum atomic E-state index is -3.78. The van der Waals surface area contributed by atoms with E-state index in [1.54, 1.807) is 12.1 Å². The van der Waals surface area contributed by atoms with Crippen LogP contribution < -0.4 is 10.5 Å². The fraction of sp³-hybridized carbons (Fsp3) is 0.533. The lowest BCUT2D eigenvalue weighted by Gasteiger charge is -2.35. The number of carbonyl (C=O) groups excluding carboxylic acids is 1. The number of benzene rings is 1. The second kappa shape index (κ2) is 7.39. The van der Waals surface area contributed by atoms with E-state index in [2.05, 4.69) is 10.2 Å². The normalized spacial score (nSPS) is 22.7. The summed E-state index contributed by atoms with van der Waals surface area (Å²) in [6.45, 7) is 6.28. The van der Waals surface area contributed by atoms with Gasteiger partial charge in [-0.25, -0.2) is 13.6 Å². The fourth-order valence-corrected chi connectivity index (χ4v) is 3.26. The highest BCUT2D eigenvalue weighted by atomic mass is 32.2. The summed E-state index contributed by atoms with van der Waals surface area (Å²) in [5.41, 5.74) is 0.422. The highest BCUT2D eigenvalue weighted by Gasteiger charge is 2.22. The molecule has 0 aromatic heterocycles. The molecular weight excluding hydrogens is 318 g/mol. The number of anilines is 1. The number of hydrogen-bond acceptors (Lipinski definition) is 5. The molecule has 7 nitrogen and oxygen atoms in total. The van der Waals surface area contributed by atoms with Gasteiger partial charge in [-0.3, -0.25) is 9.69 Å². The number of amides is 1. The van der Waals surface area contributed by atoms with Crippen molar-refractivity contribution in [3.05, 3.63) is 24.3 Å². The van der Waals surface area contributed by atoms with Crippen LogP contribution >= 0.6 is 0 Å². The molecule has 1 amide bonds. The number of nitrogens with two attached hydrogens (primary N) is 1. The monoisotopic (exact) mass is 341 g/mol. The summed E-state index contributed by atoms with van der Waals surface area (Å²) in [6, 6.07) is 5.92. The average molecular weight is 341 g/mol. The molecule has 1 aromatic rings. The first-order valence-electron chi connectivity index (χ1n) is 7.54. The predicted molar refractivity (Wildman–Crippen MR) is 87.5 cm³/mol. The molecule has 128 valence electrons. The quantitative estimate of drug-likeness (QED) is 0.824. The summed E-state index contributed by atoms with van der Waals surface area (Å²) < 4.78 is 28.3. The lowest BCUT2D eigenvalue weighted by atomic mass is 10.2. The van der Waals surface area contributed by atoms with Gasteiger partial charge in [0.1, 0.15) is 0 Å². The first kappa shape index (κ1) is 17.9. The second-order valence-electron chi connectivity index (χ2n) is 5.89. The Bertz CT molecular complexity index is 652. The molecule has 0 aliphatic carbocycles. The number of carbonyl (C=O) groups is 1. The van der Waals surface area contributed by atoms with Crippen LogP contribution in [0.5, 0.6) is 0 Å². The van der Waals surface area contributed by atoms with Crippen molar-refractivity contribution in [1.82, 2.24) is 4.90 Å². The van der Waals surface area contributed by atoms with E-state index in [0.29, 0.717) is 18.7 Å². The highest BCUT2D eigenvalue weighted by molar-refractivity contribution is 7.89. The molecule has 0 radical (unpaired) electrons. The van der Waals surface area contributed by atoms with Crippen molar-refractivity contribution in [3.63, 3.8) is 0 Å². The van der Waals surface area contributed by atoms with E-state index in [4.69, 9.17) is 9.88 Å². The standard InChI is InChI=1S/C15H23N3O4S/c1-11-9-18(10-12(2)22-11)7-6-15(19)17-13-4-3-5-14(8-13)23(16,20)21/h3-5,8,11-12H,6-7,9-10H2,1-2H3,(H,17,19)(H2,16,20,21)/t11-,12-/m1/s1. The van der Waals surface area contributed by atoms with E-state index in [9.17, 15) is 13.2 Å². The number of nitrogens with one attached hydrogen (secondary N) is 1. The number of morpholine rings is 1. The molecule has 1 aromatic carbocycles. The van der Waals surface area contributed by atoms with Gasteiger partial charge in [0.05, 0.1) is 17.1 Å². The number of sulfonamides is 1. The zero-order valence-corrected chi connectivity index (χ0v) is 14.2. The van der Waals surface area contributed by atoms with E-state index in [1.165, 1.54) is 12.1 Å². The van der Waals surface area contributed by atoms with Gasteiger partial charge in [-0.05, 0) is 32.0 Å². The van der Waals surface area contributed by atoms with Gasteiger partial charge in [0.2, 0.25) is 15.9 Å². The van der Waals surface area contributed by atoms with Gasteiger partial charge in [0.15, 0.2) is 0 Å². The van der Waals surface area contributed by atoms with Gasteiger partial charge >= 0.3 is 0 Å². The van der Waals surface area contributed by atoms with Crippen LogP contribution in [-0.2, 0) is 19.6 Å². The molecule has 8 heteroatoms. The number of nitrogens with zero attached hydrogens (tertiary/aromatic N) is 1. The van der Waals surface area contributed by atoms with Crippen molar-refractivity contribution in [1.29, 1.82) is 0 Å². The molecule has 0 unspecified atom stereocenters. The lowest BCUT2D eigenvalue weighted by molar-refractivity contribution is -0.117. The molecule has 1 fully saturated rings. The van der Waals surface area contributed by atoms with Gasteiger partial charge in [-0.2, -0.15) is 0 Å². The van der Waals surface area contributed by atoms with Crippen molar-refractivity contribution in [2.24, 2.45) is 5.14 Å². The van der Waals surface area contributed by atoms with Crippen LogP contribution in [0.4, 0.5) is 5.69 Å². The van der Waals surface area contributed by atoms with Crippen molar-refractivity contribution in [2.45, 2.75) is 37.4 Å². The smallest absolute Gasteiger partial charge is 0.238 e. The topological polar surface area (TPSA) is 102 Å². The summed E-state index contributed by atoms with van der Waals surface area (Å²) in [5, 5.41) is 7.78. The van der Waals surface area contributed by atoms with Gasteiger partial charge in [0, 0.05) is 31.7 Å². The molecule has 0 spiro atoms. The summed E-state index contributed by atoms with van der Waals surface area (Å²) >= 11 is 0. The molecule has 23 heavy (non-hydrogen) atoms. The van der Waals surface area contributed by atoms with Gasteiger partial charge in [-0.15, -0.1) is 0 Å². The maximum Gasteiger partial charge on any atom is 0.238 e. The lowest BCUT2D eigenvalue weighted by Crippen LogP contribution is -2.46. The number of primary sulfonamides is 1. The largest absolute Gasteiger partial charge is 0.373 e. The molecule has 1 aliphatic heterocycles. The van der Waals surface area contributed by atoms with Gasteiger partial charge < -0.3 is 10.1 Å². The van der Waals surface area contributed by atoms with Crippen LogP contribution in [0.1, 0.15) is 20.3 Å². The molecule has 1 heterocycles. The fourth-order valence-electron chi connectivity index (χ4n) is 2.70. The van der Waals surface area contributed by atoms with E-state index in [0.717, 1.165) is 13.1 Å². The Morgan fingerprint density at radius 3 is 2.61 bits per heavy atom. The van der Waals surface area contributed by atoms with Crippen LogP contribution in [0.3, 0.4) is 0 Å². The Morgan fingerprint density at radius 2 is 2.00 bits per heavy atom. The summed E-state index contributed by atoms with van der Waals surface area (Å²) in [6.07, 6.45) is 0.653. The second-order valence-corrected chi connectivity index (χ2v) is 7.45. The summed E-state index contributed by atoms with van der Waals surface area (Å²) in [5.74, 6) is -0.164. The molecule has 2 rings (SSSR count). The van der Waals surface area contributed by atoms with E-state index >= 15 is 0 Å². The Kier molecular flexibility index (Phi) is 5.74. The van der Waals surface area contributed by atoms with E-state index in [1.807, 2.05) is 13.8 Å². The molecule has 2 atom stereocenters. The Hall–Kier alpha value is -1.48. The minimum Gasteiger partial charge on any atom is -0.373 e. The zero-order valence-electron chi connectivity index (χ0n) is 13.4. The molecular formula is C15H23N3O4S. The third-order valence-electron chi connectivity index (χ3n) is 3.60. The van der Waals surface area contributed by atoms with Crippen LogP contribution in [0, 0.1) is 0 Å². The van der Waals surface area contributed by atoms with Crippen LogP contribution in [0.2, 0.25) is 0 Å². The summed E-state index contributed by atoms with van der Waals surface area (Å²) in [7, 11) is -3.78. The Morgan fingerprint density at radius 1 is 1.35 bits per heavy atom. The van der Waals surface area contributed by atoms with Gasteiger partial charge in [0.25, 0.3) is 0 Å². The third kappa shape index (κ3) is 5.58. The Labute approximate surface area is 136 Å². The molecule has 3 N–H and O–H groups in total. The van der Waals surface area contributed by atoms with Crippen LogP contribution in [0.15, 0.2) is 29.2 Å². The van der Waals surface area contributed by atoms with Gasteiger partial charge in [-0.1, -0.05) is 6.07 Å². The van der Waals surface area contributed by atoms with E-state index in [-0.39, 0.29) is 23.0 Å². The zero-order chi connectivity index (χ0) is 17.0. The maximum atomic E-state index is 12.0. The van der Waals surface area contributed by atoms with Crippen LogP contribution in [0.25, 0.3) is 0 Å². The third-order valence-corrected chi connectivity index (χ3v) is 4.51. The predicted octanol–water partition coefficient (Wildman–Crippen LogP) is 0.772. The van der Waals surface area contributed by atoms with Crippen molar-refractivity contribution in [3.8, 4) is 0 Å². The van der Waals surface area contributed by atoms with Crippen molar-refractivity contribution >= 4 is 21.6 Å². The summed E-state index contributed by atoms with van der Waals surface area (Å²) in [4.78, 5) is 14.2. The number of hydrogen-bond donors (Lipinski definition) is 2.